The van der Waals surface area contributed by atoms with Crippen LogP contribution in [0.4, 0.5) is 10.5 Å². The first kappa shape index (κ1) is 15.3. The molecule has 0 bridgehead atoms. The van der Waals surface area contributed by atoms with Crippen molar-refractivity contribution in [3.63, 3.8) is 0 Å². The summed E-state index contributed by atoms with van der Waals surface area (Å²) in [5.74, 6) is -0.939. The molecular weight excluding hydrogens is 268 g/mol. The Bertz CT molecular complexity index is 477. The normalized spacial score (nSPS) is 11.7. The van der Waals surface area contributed by atoms with Crippen LogP contribution in [-0.2, 0) is 4.79 Å². The quantitative estimate of drug-likeness (QED) is 0.777. The van der Waals surface area contributed by atoms with Gasteiger partial charge in [-0.05, 0) is 31.0 Å². The molecule has 0 heterocycles. The molecule has 1 aromatic rings. The standard InChI is InChI=1S/C13H17ClN2O3/c1-3-10(7-12(17)18)15-13(19)16-11-6-9(14)5-4-8(11)2/h4-6,10H,3,7H2,1-2H3,(H,17,18)(H2,15,16,19). The van der Waals surface area contributed by atoms with Gasteiger partial charge in [-0.3, -0.25) is 4.79 Å². The van der Waals surface area contributed by atoms with Crippen LogP contribution in [0.25, 0.3) is 0 Å². The van der Waals surface area contributed by atoms with Crippen molar-refractivity contribution in [2.75, 3.05) is 5.32 Å². The molecule has 1 rings (SSSR count). The van der Waals surface area contributed by atoms with Crippen LogP contribution in [0.5, 0.6) is 0 Å². The first-order valence-corrected chi connectivity index (χ1v) is 6.35. The van der Waals surface area contributed by atoms with E-state index in [1.165, 1.54) is 0 Å². The molecule has 1 unspecified atom stereocenters. The van der Waals surface area contributed by atoms with E-state index in [-0.39, 0.29) is 6.42 Å². The van der Waals surface area contributed by atoms with Gasteiger partial charge in [0.1, 0.15) is 0 Å². The predicted molar refractivity (Wildman–Crippen MR) is 74.7 cm³/mol. The summed E-state index contributed by atoms with van der Waals surface area (Å²) < 4.78 is 0. The second-order valence-corrected chi connectivity index (χ2v) is 4.70. The van der Waals surface area contributed by atoms with Gasteiger partial charge in [-0.2, -0.15) is 0 Å². The van der Waals surface area contributed by atoms with Crippen LogP contribution in [0.1, 0.15) is 25.3 Å². The highest BCUT2D eigenvalue weighted by Gasteiger charge is 2.14. The Kier molecular flexibility index (Phi) is 5.63. The van der Waals surface area contributed by atoms with E-state index < -0.39 is 18.0 Å². The third-order valence-corrected chi connectivity index (χ3v) is 2.93. The Morgan fingerprint density at radius 3 is 2.68 bits per heavy atom. The fourth-order valence-electron chi connectivity index (χ4n) is 1.58. The van der Waals surface area contributed by atoms with Gasteiger partial charge in [-0.15, -0.1) is 0 Å². The predicted octanol–water partition coefficient (Wildman–Crippen LogP) is 3.02. The van der Waals surface area contributed by atoms with Gasteiger partial charge in [-0.25, -0.2) is 4.79 Å². The van der Waals surface area contributed by atoms with Gasteiger partial charge in [0, 0.05) is 16.8 Å². The van der Waals surface area contributed by atoms with Crippen molar-refractivity contribution in [3.05, 3.63) is 28.8 Å². The highest BCUT2D eigenvalue weighted by molar-refractivity contribution is 6.31. The number of carboxylic acids is 1. The minimum absolute atomic E-state index is 0.0988. The van der Waals surface area contributed by atoms with Gasteiger partial charge in [0.25, 0.3) is 0 Å². The number of rotatable bonds is 5. The summed E-state index contributed by atoms with van der Waals surface area (Å²) in [6, 6.07) is 4.36. The van der Waals surface area contributed by atoms with Crippen LogP contribution >= 0.6 is 11.6 Å². The summed E-state index contributed by atoms with van der Waals surface area (Å²) in [6.45, 7) is 3.67. The molecule has 0 aliphatic heterocycles. The molecule has 6 heteroatoms. The van der Waals surface area contributed by atoms with Crippen LogP contribution in [-0.4, -0.2) is 23.1 Å². The number of aliphatic carboxylic acids is 1. The van der Waals surface area contributed by atoms with Crippen molar-refractivity contribution < 1.29 is 14.7 Å². The average molecular weight is 285 g/mol. The maximum absolute atomic E-state index is 11.8. The number of urea groups is 1. The number of carbonyl (C=O) groups excluding carboxylic acids is 1. The monoisotopic (exact) mass is 284 g/mol. The first-order chi connectivity index (χ1) is 8.92. The maximum Gasteiger partial charge on any atom is 0.319 e. The summed E-state index contributed by atoms with van der Waals surface area (Å²) in [5.41, 5.74) is 1.49. The van der Waals surface area contributed by atoms with Gasteiger partial charge >= 0.3 is 12.0 Å². The average Bonchev–Trinajstić information content (AvgIpc) is 2.32. The zero-order chi connectivity index (χ0) is 14.4. The van der Waals surface area contributed by atoms with Crippen LogP contribution < -0.4 is 10.6 Å². The van der Waals surface area contributed by atoms with E-state index in [0.717, 1.165) is 5.56 Å². The van der Waals surface area contributed by atoms with E-state index in [0.29, 0.717) is 17.1 Å². The number of aryl methyl sites for hydroxylation is 1. The lowest BCUT2D eigenvalue weighted by Crippen LogP contribution is -2.39. The lowest BCUT2D eigenvalue weighted by Gasteiger charge is -2.16. The van der Waals surface area contributed by atoms with Gasteiger partial charge in [0.15, 0.2) is 0 Å². The summed E-state index contributed by atoms with van der Waals surface area (Å²) in [5, 5.41) is 14.5. The summed E-state index contributed by atoms with van der Waals surface area (Å²) >= 11 is 5.85. The summed E-state index contributed by atoms with van der Waals surface area (Å²) in [4.78, 5) is 22.4. The van der Waals surface area contributed by atoms with E-state index >= 15 is 0 Å². The first-order valence-electron chi connectivity index (χ1n) is 5.97. The number of nitrogens with one attached hydrogen (secondary N) is 2. The molecule has 1 aromatic carbocycles. The second kappa shape index (κ2) is 6.99. The number of hydrogen-bond donors (Lipinski definition) is 3. The largest absolute Gasteiger partial charge is 0.481 e. The van der Waals surface area contributed by atoms with Crippen molar-refractivity contribution in [2.24, 2.45) is 0 Å². The number of benzene rings is 1. The number of carbonyl (C=O) groups is 2. The fourth-order valence-corrected chi connectivity index (χ4v) is 1.75. The van der Waals surface area contributed by atoms with Gasteiger partial charge in [0.05, 0.1) is 6.42 Å². The van der Waals surface area contributed by atoms with Crippen LogP contribution in [0.2, 0.25) is 5.02 Å². The van der Waals surface area contributed by atoms with Crippen LogP contribution in [0.3, 0.4) is 0 Å². The highest BCUT2D eigenvalue weighted by atomic mass is 35.5. The molecule has 0 radical (unpaired) electrons. The number of hydrogen-bond acceptors (Lipinski definition) is 2. The van der Waals surface area contributed by atoms with E-state index in [4.69, 9.17) is 16.7 Å². The molecule has 0 saturated carbocycles. The number of carboxylic acid groups (broad SMARTS) is 1. The van der Waals surface area contributed by atoms with Crippen molar-refractivity contribution in [1.29, 1.82) is 0 Å². The second-order valence-electron chi connectivity index (χ2n) is 4.26. The number of amides is 2. The summed E-state index contributed by atoms with van der Waals surface area (Å²) in [6.07, 6.45) is 0.451. The molecule has 0 fully saturated rings. The van der Waals surface area contributed by atoms with Gasteiger partial charge in [-0.1, -0.05) is 24.6 Å². The van der Waals surface area contributed by atoms with Crippen molar-refractivity contribution in [3.8, 4) is 0 Å². The lowest BCUT2D eigenvalue weighted by molar-refractivity contribution is -0.137. The zero-order valence-electron chi connectivity index (χ0n) is 10.9. The van der Waals surface area contributed by atoms with Crippen LogP contribution in [0.15, 0.2) is 18.2 Å². The van der Waals surface area contributed by atoms with Gasteiger partial charge in [0.2, 0.25) is 0 Å². The lowest BCUT2D eigenvalue weighted by atomic mass is 10.1. The Morgan fingerprint density at radius 1 is 1.42 bits per heavy atom. The molecule has 1 atom stereocenters. The Morgan fingerprint density at radius 2 is 2.11 bits per heavy atom. The molecule has 0 aromatic heterocycles. The maximum atomic E-state index is 11.8. The van der Waals surface area contributed by atoms with Crippen molar-refractivity contribution >= 4 is 29.3 Å². The zero-order valence-corrected chi connectivity index (χ0v) is 11.6. The summed E-state index contributed by atoms with van der Waals surface area (Å²) in [7, 11) is 0. The molecule has 0 aliphatic rings. The molecule has 0 spiro atoms. The Balaban J connectivity index is 2.63. The molecule has 0 aliphatic carbocycles. The highest BCUT2D eigenvalue weighted by Crippen LogP contribution is 2.20. The Labute approximate surface area is 117 Å². The van der Waals surface area contributed by atoms with E-state index in [2.05, 4.69) is 10.6 Å². The third kappa shape index (κ3) is 5.18. The topological polar surface area (TPSA) is 78.4 Å². The minimum atomic E-state index is -0.939. The molecular formula is C13H17ClN2O3. The molecule has 19 heavy (non-hydrogen) atoms. The smallest absolute Gasteiger partial charge is 0.319 e. The fraction of sp³-hybridized carbons (Fsp3) is 0.385. The number of halogens is 1. The molecule has 104 valence electrons. The van der Waals surface area contributed by atoms with E-state index in [1.54, 1.807) is 18.2 Å². The molecule has 0 saturated heterocycles. The van der Waals surface area contributed by atoms with Crippen molar-refractivity contribution in [1.82, 2.24) is 5.32 Å². The molecule has 2 amide bonds. The Hall–Kier alpha value is -1.75. The SMILES string of the molecule is CCC(CC(=O)O)NC(=O)Nc1cc(Cl)ccc1C. The van der Waals surface area contributed by atoms with Crippen molar-refractivity contribution in [2.45, 2.75) is 32.7 Å². The third-order valence-electron chi connectivity index (χ3n) is 2.70. The molecule has 3 N–H and O–H groups in total. The van der Waals surface area contributed by atoms with E-state index in [1.807, 2.05) is 13.8 Å². The van der Waals surface area contributed by atoms with E-state index in [9.17, 15) is 9.59 Å². The van der Waals surface area contributed by atoms with Crippen LogP contribution in [0, 0.1) is 6.92 Å². The number of anilines is 1. The van der Waals surface area contributed by atoms with Gasteiger partial charge < -0.3 is 15.7 Å². The minimum Gasteiger partial charge on any atom is -0.481 e. The molecule has 5 nitrogen and oxygen atoms in total.